The number of esters is 1. The monoisotopic (exact) mass is 570 g/mol. The Morgan fingerprint density at radius 2 is 1.18 bits per heavy atom. The van der Waals surface area contributed by atoms with Crippen LogP contribution in [0.25, 0.3) is 0 Å². The van der Waals surface area contributed by atoms with E-state index in [0.717, 1.165) is 44.9 Å². The van der Waals surface area contributed by atoms with E-state index >= 15 is 0 Å². The molecule has 0 aliphatic rings. The van der Waals surface area contributed by atoms with Gasteiger partial charge in [-0.25, -0.2) is 4.79 Å². The fourth-order valence-corrected chi connectivity index (χ4v) is 4.65. The predicted octanol–water partition coefficient (Wildman–Crippen LogP) is 5.81. The largest absolute Gasteiger partial charge is 0.480 e. The van der Waals surface area contributed by atoms with Gasteiger partial charge < -0.3 is 25.6 Å². The first kappa shape index (κ1) is 37.8. The van der Waals surface area contributed by atoms with Crippen molar-refractivity contribution in [1.82, 2.24) is 10.6 Å². The molecule has 0 spiro atoms. The quantitative estimate of drug-likeness (QED) is 0.0687. The van der Waals surface area contributed by atoms with E-state index in [0.29, 0.717) is 12.8 Å². The Hall–Kier alpha value is -2.16. The van der Waals surface area contributed by atoms with Crippen molar-refractivity contribution in [1.29, 1.82) is 0 Å². The number of aliphatic hydroxyl groups excluding tert-OH is 1. The van der Waals surface area contributed by atoms with Gasteiger partial charge in [-0.3, -0.25) is 14.4 Å². The fourth-order valence-electron chi connectivity index (χ4n) is 4.65. The summed E-state index contributed by atoms with van der Waals surface area (Å²) in [6, 6.07) is -1.39. The molecule has 0 bridgehead atoms. The van der Waals surface area contributed by atoms with Crippen molar-refractivity contribution < 1.29 is 34.1 Å². The maximum atomic E-state index is 12.3. The van der Waals surface area contributed by atoms with Crippen molar-refractivity contribution in [3.8, 4) is 0 Å². The molecule has 9 heteroatoms. The first-order chi connectivity index (χ1) is 19.3. The van der Waals surface area contributed by atoms with Gasteiger partial charge in [0, 0.05) is 12.8 Å². The van der Waals surface area contributed by atoms with Gasteiger partial charge in [-0.15, -0.1) is 0 Å². The summed E-state index contributed by atoms with van der Waals surface area (Å²) in [6.45, 7) is 3.27. The van der Waals surface area contributed by atoms with Crippen molar-refractivity contribution >= 4 is 23.8 Å². The second kappa shape index (κ2) is 27.0. The second-order valence-electron chi connectivity index (χ2n) is 10.9. The van der Waals surface area contributed by atoms with Crippen LogP contribution < -0.4 is 10.6 Å². The summed E-state index contributed by atoms with van der Waals surface area (Å²) in [5.74, 6) is -2.41. The van der Waals surface area contributed by atoms with E-state index in [1.54, 1.807) is 0 Å². The molecule has 2 unspecified atom stereocenters. The average Bonchev–Trinajstić information content (AvgIpc) is 2.92. The van der Waals surface area contributed by atoms with Crippen LogP contribution in [0.2, 0.25) is 0 Å². The highest BCUT2D eigenvalue weighted by molar-refractivity contribution is 5.87. The van der Waals surface area contributed by atoms with Crippen LogP contribution in [0.3, 0.4) is 0 Å². The Morgan fingerprint density at radius 3 is 1.70 bits per heavy atom. The molecule has 234 valence electrons. The van der Waals surface area contributed by atoms with Crippen LogP contribution in [-0.4, -0.2) is 59.3 Å². The molecule has 40 heavy (non-hydrogen) atoms. The first-order valence-electron chi connectivity index (χ1n) is 15.9. The summed E-state index contributed by atoms with van der Waals surface area (Å²) in [4.78, 5) is 46.7. The van der Waals surface area contributed by atoms with Gasteiger partial charge in [-0.05, 0) is 32.1 Å². The zero-order valence-electron chi connectivity index (χ0n) is 25.4. The van der Waals surface area contributed by atoms with E-state index in [2.05, 4.69) is 24.5 Å². The molecule has 0 saturated carbocycles. The lowest BCUT2D eigenvalue weighted by atomic mass is 10.0. The van der Waals surface area contributed by atoms with Crippen LogP contribution in [0, 0.1) is 0 Å². The highest BCUT2D eigenvalue weighted by Crippen LogP contribution is 2.16. The normalized spacial score (nSPS) is 12.5. The lowest BCUT2D eigenvalue weighted by molar-refractivity contribution is -0.150. The Bertz CT molecular complexity index is 672. The van der Waals surface area contributed by atoms with Crippen molar-refractivity contribution in [2.24, 2.45) is 0 Å². The van der Waals surface area contributed by atoms with E-state index in [-0.39, 0.29) is 30.9 Å². The van der Waals surface area contributed by atoms with Crippen molar-refractivity contribution in [2.45, 2.75) is 161 Å². The number of amides is 2. The van der Waals surface area contributed by atoms with Crippen LogP contribution in [0.15, 0.2) is 0 Å². The molecule has 0 saturated heterocycles. The summed E-state index contributed by atoms with van der Waals surface area (Å²) in [5, 5.41) is 22.3. The Labute approximate surface area is 242 Å². The third kappa shape index (κ3) is 23.7. The van der Waals surface area contributed by atoms with Gasteiger partial charge in [0.15, 0.2) is 0 Å². The number of carbonyl (C=O) groups is 4. The first-order valence-corrected chi connectivity index (χ1v) is 15.9. The molecule has 0 radical (unpaired) electrons. The number of aliphatic hydroxyl groups is 1. The van der Waals surface area contributed by atoms with Crippen LogP contribution in [-0.2, 0) is 23.9 Å². The molecule has 9 nitrogen and oxygen atoms in total. The lowest BCUT2D eigenvalue weighted by Gasteiger charge is -2.17. The molecule has 4 N–H and O–H groups in total. The maximum Gasteiger partial charge on any atom is 0.328 e. The minimum absolute atomic E-state index is 0.0781. The summed E-state index contributed by atoms with van der Waals surface area (Å²) < 4.78 is 5.73. The molecule has 0 aromatic heterocycles. The minimum atomic E-state index is -1.39. The van der Waals surface area contributed by atoms with Gasteiger partial charge in [0.1, 0.15) is 12.1 Å². The van der Waals surface area contributed by atoms with Crippen LogP contribution in [0.1, 0.15) is 149 Å². The third-order valence-corrected chi connectivity index (χ3v) is 7.09. The van der Waals surface area contributed by atoms with E-state index < -0.39 is 24.5 Å². The summed E-state index contributed by atoms with van der Waals surface area (Å²) in [7, 11) is 0. The number of carboxylic acid groups (broad SMARTS) is 1. The van der Waals surface area contributed by atoms with Gasteiger partial charge in [0.25, 0.3) is 0 Å². The van der Waals surface area contributed by atoms with Crippen LogP contribution in [0.5, 0.6) is 0 Å². The molecule has 0 aliphatic heterocycles. The predicted molar refractivity (Wildman–Crippen MR) is 158 cm³/mol. The number of carboxylic acids is 1. The number of rotatable bonds is 28. The molecule has 2 amide bonds. The molecule has 0 aromatic carbocycles. The standard InChI is InChI=1S/C31H58N2O7/c1-3-5-6-7-8-9-10-11-12-13-14-15-19-23-30(37)40-26(20-4-2)21-17-16-18-22-28(35)32-24-29(36)33-27(25-34)31(38)39/h26-27,34H,3-25H2,1-2H3,(H,32,35)(H,33,36)(H,38,39). The summed E-state index contributed by atoms with van der Waals surface area (Å²) in [5.41, 5.74) is 0. The molecule has 0 fully saturated rings. The van der Waals surface area contributed by atoms with Crippen LogP contribution in [0.4, 0.5) is 0 Å². The van der Waals surface area contributed by atoms with Crippen molar-refractivity contribution in [3.63, 3.8) is 0 Å². The Morgan fingerprint density at radius 1 is 0.650 bits per heavy atom. The van der Waals surface area contributed by atoms with Gasteiger partial charge >= 0.3 is 11.9 Å². The molecular formula is C31H58N2O7. The number of nitrogens with one attached hydrogen (secondary N) is 2. The lowest BCUT2D eigenvalue weighted by Crippen LogP contribution is -2.47. The molecule has 0 heterocycles. The van der Waals surface area contributed by atoms with Gasteiger partial charge in [0.2, 0.25) is 11.8 Å². The smallest absolute Gasteiger partial charge is 0.328 e. The SMILES string of the molecule is CCCCCCCCCCCCCCCC(=O)OC(CCC)CCCCCC(=O)NCC(=O)NC(CO)C(=O)O. The summed E-state index contributed by atoms with van der Waals surface area (Å²) >= 11 is 0. The molecule has 0 aromatic rings. The number of carbonyl (C=O) groups excluding carboxylic acids is 3. The summed E-state index contributed by atoms with van der Waals surface area (Å²) in [6.07, 6.45) is 22.1. The van der Waals surface area contributed by atoms with Crippen molar-refractivity contribution in [3.05, 3.63) is 0 Å². The maximum absolute atomic E-state index is 12.3. The topological polar surface area (TPSA) is 142 Å². The zero-order valence-corrected chi connectivity index (χ0v) is 25.4. The number of unbranched alkanes of at least 4 members (excludes halogenated alkanes) is 14. The minimum Gasteiger partial charge on any atom is -0.480 e. The van der Waals surface area contributed by atoms with E-state index in [1.807, 2.05) is 0 Å². The molecule has 0 rings (SSSR count). The molecular weight excluding hydrogens is 512 g/mol. The van der Waals surface area contributed by atoms with Crippen molar-refractivity contribution in [2.75, 3.05) is 13.2 Å². The highest BCUT2D eigenvalue weighted by Gasteiger charge is 2.19. The van der Waals surface area contributed by atoms with Gasteiger partial charge in [-0.2, -0.15) is 0 Å². The third-order valence-electron chi connectivity index (χ3n) is 7.09. The highest BCUT2D eigenvalue weighted by atomic mass is 16.5. The Balaban J connectivity index is 3.81. The number of ether oxygens (including phenoxy) is 1. The van der Waals surface area contributed by atoms with Gasteiger partial charge in [-0.1, -0.05) is 104 Å². The fraction of sp³-hybridized carbons (Fsp3) is 0.871. The molecule has 0 aliphatic carbocycles. The van der Waals surface area contributed by atoms with E-state index in [9.17, 15) is 19.2 Å². The number of hydrogen-bond donors (Lipinski definition) is 4. The van der Waals surface area contributed by atoms with E-state index in [4.69, 9.17) is 14.9 Å². The second-order valence-corrected chi connectivity index (χ2v) is 10.9. The van der Waals surface area contributed by atoms with Gasteiger partial charge in [0.05, 0.1) is 13.2 Å². The number of hydrogen-bond acceptors (Lipinski definition) is 6. The average molecular weight is 571 g/mol. The van der Waals surface area contributed by atoms with E-state index in [1.165, 1.54) is 70.6 Å². The molecule has 2 atom stereocenters. The number of aliphatic carboxylic acids is 1. The Kier molecular flexibility index (Phi) is 25.6. The van der Waals surface area contributed by atoms with Crippen LogP contribution >= 0.6 is 0 Å². The zero-order chi connectivity index (χ0) is 29.8.